The van der Waals surface area contributed by atoms with Crippen molar-refractivity contribution in [3.8, 4) is 0 Å². The summed E-state index contributed by atoms with van der Waals surface area (Å²) in [6, 6.07) is 0. The van der Waals surface area contributed by atoms with E-state index in [1.807, 2.05) is 23.2 Å². The summed E-state index contributed by atoms with van der Waals surface area (Å²) in [5.74, 6) is 0.579. The molecular formula is C11H20N6. The fraction of sp³-hybridized carbons (Fsp3) is 0.636. The minimum atomic E-state index is 0.579. The van der Waals surface area contributed by atoms with Crippen molar-refractivity contribution in [2.75, 3.05) is 26.4 Å². The molecule has 0 aliphatic carbocycles. The standard InChI is InChI=1S/C11H20N6/c1-8-9-10(16(4)14-8)17(11(12)13-9)7-5-6-15(2)3/h5-7H2,1-4H3,(H2,12,13). The summed E-state index contributed by atoms with van der Waals surface area (Å²) in [5, 5.41) is 4.36. The van der Waals surface area contributed by atoms with Crippen molar-refractivity contribution in [3.63, 3.8) is 0 Å². The molecule has 0 amide bonds. The Hall–Kier alpha value is -1.56. The van der Waals surface area contributed by atoms with Gasteiger partial charge in [0.25, 0.3) is 0 Å². The highest BCUT2D eigenvalue weighted by Crippen LogP contribution is 2.20. The van der Waals surface area contributed by atoms with E-state index < -0.39 is 0 Å². The number of rotatable bonds is 4. The molecule has 0 spiro atoms. The van der Waals surface area contributed by atoms with Gasteiger partial charge in [-0.2, -0.15) is 5.10 Å². The van der Waals surface area contributed by atoms with Crippen molar-refractivity contribution in [1.82, 2.24) is 24.2 Å². The Morgan fingerprint density at radius 3 is 2.71 bits per heavy atom. The minimum Gasteiger partial charge on any atom is -0.369 e. The third-order valence-electron chi connectivity index (χ3n) is 2.91. The second kappa shape index (κ2) is 4.37. The molecule has 2 N–H and O–H groups in total. The van der Waals surface area contributed by atoms with Crippen LogP contribution in [0, 0.1) is 6.92 Å². The molecule has 0 radical (unpaired) electrons. The van der Waals surface area contributed by atoms with Gasteiger partial charge in [-0.3, -0.25) is 9.25 Å². The molecule has 2 aromatic heterocycles. The predicted octanol–water partition coefficient (Wildman–Crippen LogP) is 0.612. The zero-order chi connectivity index (χ0) is 12.6. The Kier molecular flexibility index (Phi) is 3.06. The normalized spacial score (nSPS) is 11.8. The Morgan fingerprint density at radius 2 is 2.06 bits per heavy atom. The predicted molar refractivity (Wildman–Crippen MR) is 68.8 cm³/mol. The first-order valence-electron chi connectivity index (χ1n) is 5.80. The molecule has 0 aromatic carbocycles. The molecule has 0 atom stereocenters. The molecule has 17 heavy (non-hydrogen) atoms. The fourth-order valence-corrected chi connectivity index (χ4v) is 2.12. The van der Waals surface area contributed by atoms with Crippen molar-refractivity contribution in [1.29, 1.82) is 0 Å². The number of anilines is 1. The Labute approximate surface area is 101 Å². The SMILES string of the molecule is Cc1nn(C)c2c1nc(N)n2CCCN(C)C. The number of imidazole rings is 1. The van der Waals surface area contributed by atoms with Gasteiger partial charge in [0, 0.05) is 13.6 Å². The van der Waals surface area contributed by atoms with Gasteiger partial charge < -0.3 is 10.6 Å². The summed E-state index contributed by atoms with van der Waals surface area (Å²) in [7, 11) is 6.07. The molecule has 0 bridgehead atoms. The number of nitrogens with zero attached hydrogens (tertiary/aromatic N) is 5. The maximum Gasteiger partial charge on any atom is 0.202 e. The molecule has 0 fully saturated rings. The van der Waals surface area contributed by atoms with Crippen LogP contribution in [-0.4, -0.2) is 44.9 Å². The molecule has 6 heteroatoms. The van der Waals surface area contributed by atoms with E-state index in [2.05, 4.69) is 29.1 Å². The smallest absolute Gasteiger partial charge is 0.202 e. The van der Waals surface area contributed by atoms with Crippen LogP contribution < -0.4 is 5.73 Å². The van der Waals surface area contributed by atoms with Gasteiger partial charge >= 0.3 is 0 Å². The molecule has 0 aliphatic rings. The van der Waals surface area contributed by atoms with Gasteiger partial charge in [-0.15, -0.1) is 0 Å². The van der Waals surface area contributed by atoms with Gasteiger partial charge in [-0.25, -0.2) is 4.98 Å². The van der Waals surface area contributed by atoms with Crippen molar-refractivity contribution >= 4 is 17.1 Å². The van der Waals surface area contributed by atoms with Crippen LogP contribution in [0.2, 0.25) is 0 Å². The van der Waals surface area contributed by atoms with Crippen molar-refractivity contribution in [2.45, 2.75) is 19.9 Å². The molecule has 2 aromatic rings. The third-order valence-corrected chi connectivity index (χ3v) is 2.91. The van der Waals surface area contributed by atoms with Gasteiger partial charge in [0.15, 0.2) is 5.65 Å². The lowest BCUT2D eigenvalue weighted by atomic mass is 10.4. The Morgan fingerprint density at radius 1 is 1.35 bits per heavy atom. The second-order valence-corrected chi connectivity index (χ2v) is 4.66. The third kappa shape index (κ3) is 2.12. The lowest BCUT2D eigenvalue weighted by Crippen LogP contribution is -2.16. The molecule has 94 valence electrons. The fourth-order valence-electron chi connectivity index (χ4n) is 2.12. The zero-order valence-corrected chi connectivity index (χ0v) is 10.9. The van der Waals surface area contributed by atoms with Gasteiger partial charge in [-0.1, -0.05) is 0 Å². The molecule has 6 nitrogen and oxygen atoms in total. The largest absolute Gasteiger partial charge is 0.369 e. The number of nitrogens with two attached hydrogens (primary N) is 1. The van der Waals surface area contributed by atoms with Gasteiger partial charge in [-0.05, 0) is 34.0 Å². The van der Waals surface area contributed by atoms with Crippen LogP contribution in [0.15, 0.2) is 0 Å². The molecule has 2 heterocycles. The van der Waals surface area contributed by atoms with Gasteiger partial charge in [0.1, 0.15) is 5.52 Å². The number of aryl methyl sites for hydroxylation is 3. The van der Waals surface area contributed by atoms with Crippen molar-refractivity contribution in [3.05, 3.63) is 5.69 Å². The Balaban J connectivity index is 2.29. The van der Waals surface area contributed by atoms with Crippen LogP contribution >= 0.6 is 0 Å². The number of hydrogen-bond donors (Lipinski definition) is 1. The number of hydrogen-bond acceptors (Lipinski definition) is 4. The van der Waals surface area contributed by atoms with E-state index in [0.29, 0.717) is 5.95 Å². The first kappa shape index (κ1) is 11.9. The minimum absolute atomic E-state index is 0.579. The van der Waals surface area contributed by atoms with Crippen molar-refractivity contribution < 1.29 is 0 Å². The molecular weight excluding hydrogens is 216 g/mol. The maximum absolute atomic E-state index is 5.95. The number of fused-ring (bicyclic) bond motifs is 1. The zero-order valence-electron chi connectivity index (χ0n) is 10.9. The highest BCUT2D eigenvalue weighted by molar-refractivity contribution is 5.77. The average Bonchev–Trinajstić information content (AvgIpc) is 2.68. The second-order valence-electron chi connectivity index (χ2n) is 4.66. The van der Waals surface area contributed by atoms with Crippen LogP contribution in [0.3, 0.4) is 0 Å². The number of nitrogen functional groups attached to an aromatic ring is 1. The highest BCUT2D eigenvalue weighted by atomic mass is 15.3. The van der Waals surface area contributed by atoms with E-state index in [4.69, 9.17) is 5.73 Å². The summed E-state index contributed by atoms with van der Waals surface area (Å²) in [6.45, 7) is 3.87. The van der Waals surface area contributed by atoms with Crippen LogP contribution in [0.5, 0.6) is 0 Å². The molecule has 2 rings (SSSR count). The van der Waals surface area contributed by atoms with E-state index in [1.54, 1.807) is 0 Å². The Bertz CT molecular complexity index is 522. The summed E-state index contributed by atoms with van der Waals surface area (Å²) in [5.41, 5.74) is 8.81. The van der Waals surface area contributed by atoms with E-state index >= 15 is 0 Å². The first-order valence-corrected chi connectivity index (χ1v) is 5.80. The van der Waals surface area contributed by atoms with Gasteiger partial charge in [0.05, 0.1) is 5.69 Å². The first-order chi connectivity index (χ1) is 8.00. The number of aromatic nitrogens is 4. The maximum atomic E-state index is 5.95. The summed E-state index contributed by atoms with van der Waals surface area (Å²) >= 11 is 0. The summed E-state index contributed by atoms with van der Waals surface area (Å²) < 4.78 is 3.89. The summed E-state index contributed by atoms with van der Waals surface area (Å²) in [4.78, 5) is 6.54. The van der Waals surface area contributed by atoms with E-state index in [1.165, 1.54) is 0 Å². The van der Waals surface area contributed by atoms with Crippen LogP contribution in [0.1, 0.15) is 12.1 Å². The van der Waals surface area contributed by atoms with Crippen molar-refractivity contribution in [2.24, 2.45) is 7.05 Å². The van der Waals surface area contributed by atoms with E-state index in [9.17, 15) is 0 Å². The molecule has 0 saturated carbocycles. The van der Waals surface area contributed by atoms with E-state index in [-0.39, 0.29) is 0 Å². The van der Waals surface area contributed by atoms with Crippen LogP contribution in [0.4, 0.5) is 5.95 Å². The molecule has 0 aliphatic heterocycles. The average molecular weight is 236 g/mol. The highest BCUT2D eigenvalue weighted by Gasteiger charge is 2.14. The molecule has 0 saturated heterocycles. The topological polar surface area (TPSA) is 64.9 Å². The van der Waals surface area contributed by atoms with Crippen LogP contribution in [-0.2, 0) is 13.6 Å². The van der Waals surface area contributed by atoms with E-state index in [0.717, 1.165) is 36.4 Å². The van der Waals surface area contributed by atoms with Gasteiger partial charge in [0.2, 0.25) is 5.95 Å². The lowest BCUT2D eigenvalue weighted by Gasteiger charge is -2.10. The quantitative estimate of drug-likeness (QED) is 0.845. The lowest BCUT2D eigenvalue weighted by molar-refractivity contribution is 0.387. The molecule has 0 unspecified atom stereocenters. The van der Waals surface area contributed by atoms with Crippen LogP contribution in [0.25, 0.3) is 11.2 Å². The monoisotopic (exact) mass is 236 g/mol. The summed E-state index contributed by atoms with van der Waals surface area (Å²) in [6.07, 6.45) is 1.05.